The van der Waals surface area contributed by atoms with E-state index in [4.69, 9.17) is 5.10 Å². The Labute approximate surface area is 234 Å². The van der Waals surface area contributed by atoms with Crippen LogP contribution in [0.4, 0.5) is 16.3 Å². The van der Waals surface area contributed by atoms with Crippen LogP contribution in [0.2, 0.25) is 0 Å². The number of piperidine rings is 1. The third-order valence-electron chi connectivity index (χ3n) is 7.55. The van der Waals surface area contributed by atoms with E-state index in [0.29, 0.717) is 42.7 Å². The molecule has 208 valence electrons. The summed E-state index contributed by atoms with van der Waals surface area (Å²) in [4.78, 5) is 28.8. The number of amides is 1. The molecule has 0 radical (unpaired) electrons. The maximum absolute atomic E-state index is 13.1. The zero-order valence-electron chi connectivity index (χ0n) is 22.1. The largest absolute Gasteiger partial charge is 0.465 e. The van der Waals surface area contributed by atoms with Crippen molar-refractivity contribution in [3.05, 3.63) is 88.9 Å². The number of fused-ring (bicyclic) bond motifs is 1. The monoisotopic (exact) mass is 552 g/mol. The number of hydrogen-bond acceptors (Lipinski definition) is 7. The molecular weight excluding hydrogens is 524 g/mol. The first kappa shape index (κ1) is 25.9. The molecule has 13 nitrogen and oxygen atoms in total. The first-order valence-electron chi connectivity index (χ1n) is 13.2. The molecular formula is C28H28N10O3. The number of benzene rings is 1. The number of likely N-dealkylation sites (tertiary alicyclic amines) is 1. The lowest BCUT2D eigenvalue weighted by molar-refractivity contribution is 0.0912. The molecule has 1 aliphatic heterocycles. The summed E-state index contributed by atoms with van der Waals surface area (Å²) in [5.41, 5.74) is 2.26. The molecule has 0 bridgehead atoms. The summed E-state index contributed by atoms with van der Waals surface area (Å²) in [5, 5.41) is 36.5. The number of carboxylic acid groups (broad SMARTS) is 1. The van der Waals surface area contributed by atoms with Crippen molar-refractivity contribution in [3.63, 3.8) is 0 Å². The minimum atomic E-state index is -0.986. The topological polar surface area (TPSA) is 163 Å². The van der Waals surface area contributed by atoms with Crippen LogP contribution in [0.15, 0.2) is 72.2 Å². The van der Waals surface area contributed by atoms with E-state index < -0.39 is 11.6 Å². The van der Waals surface area contributed by atoms with Gasteiger partial charge in [-0.05, 0) is 54.3 Å². The standard InChI is InChI=1S/C28H28N10O3/c29-7-4-28(5-13-35(14-6-28)27(40)41)38-23-3-10-30-26(39)24(23)25(34-38)33-22-16-20(18-36-11-1-8-31-36)15-21(17-22)19-37-12-2-9-32-37/h1-3,8-12,15-17H,4-6,13-14,18-19H2,(H,30,39)(H,33,34)(H,40,41). The molecule has 6 rings (SSSR count). The van der Waals surface area contributed by atoms with Crippen molar-refractivity contribution in [1.29, 1.82) is 5.26 Å². The first-order chi connectivity index (χ1) is 19.9. The Bertz CT molecular complexity index is 1720. The lowest BCUT2D eigenvalue weighted by Crippen LogP contribution is -2.48. The van der Waals surface area contributed by atoms with Gasteiger partial charge in [-0.2, -0.15) is 20.6 Å². The molecule has 0 unspecified atom stereocenters. The van der Waals surface area contributed by atoms with Gasteiger partial charge in [0.15, 0.2) is 5.82 Å². The van der Waals surface area contributed by atoms with E-state index in [-0.39, 0.29) is 25.1 Å². The molecule has 1 saturated heterocycles. The summed E-state index contributed by atoms with van der Waals surface area (Å²) in [6.07, 6.45) is 8.78. The van der Waals surface area contributed by atoms with E-state index in [1.807, 2.05) is 46.0 Å². The second kappa shape index (κ2) is 10.6. The highest BCUT2D eigenvalue weighted by Crippen LogP contribution is 2.37. The highest BCUT2D eigenvalue weighted by atomic mass is 16.4. The van der Waals surface area contributed by atoms with Gasteiger partial charge in [-0.25, -0.2) is 4.79 Å². The fraction of sp³-hybridized carbons (Fsp3) is 0.286. The quantitative estimate of drug-likeness (QED) is 0.264. The van der Waals surface area contributed by atoms with Gasteiger partial charge >= 0.3 is 6.09 Å². The minimum absolute atomic E-state index is 0.136. The van der Waals surface area contributed by atoms with E-state index in [2.05, 4.69) is 32.6 Å². The van der Waals surface area contributed by atoms with Gasteiger partial charge in [0, 0.05) is 49.8 Å². The van der Waals surface area contributed by atoms with Crippen LogP contribution in [0.1, 0.15) is 30.4 Å². The highest BCUT2D eigenvalue weighted by molar-refractivity contribution is 5.91. The van der Waals surface area contributed by atoms with Gasteiger partial charge in [0.05, 0.1) is 36.6 Å². The lowest BCUT2D eigenvalue weighted by Gasteiger charge is -2.40. The lowest BCUT2D eigenvalue weighted by atomic mass is 9.85. The van der Waals surface area contributed by atoms with Crippen LogP contribution >= 0.6 is 0 Å². The maximum Gasteiger partial charge on any atom is 0.407 e. The summed E-state index contributed by atoms with van der Waals surface area (Å²) in [6, 6.07) is 13.9. The number of aromatic amines is 1. The normalized spacial score (nSPS) is 14.7. The number of nitriles is 1. The number of nitrogens with one attached hydrogen (secondary N) is 2. The average molecular weight is 553 g/mol. The van der Waals surface area contributed by atoms with Crippen molar-refractivity contribution in [1.82, 2.24) is 39.2 Å². The zero-order valence-corrected chi connectivity index (χ0v) is 22.1. The Hall–Kier alpha value is -5.38. The van der Waals surface area contributed by atoms with Crippen LogP contribution in [-0.2, 0) is 18.6 Å². The first-order valence-corrected chi connectivity index (χ1v) is 13.2. The molecule has 1 aromatic carbocycles. The molecule has 1 amide bonds. The van der Waals surface area contributed by atoms with Gasteiger partial charge in [0.25, 0.3) is 5.56 Å². The van der Waals surface area contributed by atoms with E-state index >= 15 is 0 Å². The predicted octanol–water partition coefficient (Wildman–Crippen LogP) is 3.34. The minimum Gasteiger partial charge on any atom is -0.465 e. The molecule has 13 heteroatoms. The van der Waals surface area contributed by atoms with Crippen molar-refractivity contribution in [2.75, 3.05) is 18.4 Å². The van der Waals surface area contributed by atoms with Crippen molar-refractivity contribution in [2.45, 2.75) is 37.9 Å². The third-order valence-corrected chi connectivity index (χ3v) is 7.55. The summed E-state index contributed by atoms with van der Waals surface area (Å²) in [7, 11) is 0. The Kier molecular flexibility index (Phi) is 6.72. The Morgan fingerprint density at radius 1 is 1.07 bits per heavy atom. The molecule has 5 heterocycles. The van der Waals surface area contributed by atoms with Crippen molar-refractivity contribution < 1.29 is 9.90 Å². The van der Waals surface area contributed by atoms with Gasteiger partial charge in [-0.15, -0.1) is 0 Å². The summed E-state index contributed by atoms with van der Waals surface area (Å²) < 4.78 is 5.42. The number of H-pyrrole nitrogens is 1. The SMILES string of the molecule is N#CCC1(n2nc(Nc3cc(Cn4cccn4)cc(Cn4cccn4)c3)c3c(=O)[nH]ccc32)CCN(C(=O)O)CC1. The fourth-order valence-electron chi connectivity index (χ4n) is 5.57. The van der Waals surface area contributed by atoms with Crippen molar-refractivity contribution in [3.8, 4) is 6.07 Å². The molecule has 4 aromatic heterocycles. The van der Waals surface area contributed by atoms with E-state index in [9.17, 15) is 20.0 Å². The number of hydrogen-bond donors (Lipinski definition) is 3. The smallest absolute Gasteiger partial charge is 0.407 e. The third kappa shape index (κ3) is 5.14. The molecule has 0 saturated carbocycles. The molecule has 1 aliphatic rings. The highest BCUT2D eigenvalue weighted by Gasteiger charge is 2.40. The molecule has 5 aromatic rings. The Morgan fingerprint density at radius 3 is 2.29 bits per heavy atom. The summed E-state index contributed by atoms with van der Waals surface area (Å²) in [5.74, 6) is 0.362. The van der Waals surface area contributed by atoms with Crippen LogP contribution < -0.4 is 10.9 Å². The average Bonchev–Trinajstić information content (AvgIpc) is 3.72. The van der Waals surface area contributed by atoms with Crippen LogP contribution in [0.3, 0.4) is 0 Å². The second-order valence-electron chi connectivity index (χ2n) is 10.2. The summed E-state index contributed by atoms with van der Waals surface area (Å²) in [6.45, 7) is 1.65. The van der Waals surface area contributed by atoms with E-state index in [1.54, 1.807) is 29.3 Å². The second-order valence-corrected chi connectivity index (χ2v) is 10.2. The summed E-state index contributed by atoms with van der Waals surface area (Å²) >= 11 is 0. The van der Waals surface area contributed by atoms with Gasteiger partial charge < -0.3 is 20.3 Å². The van der Waals surface area contributed by atoms with Crippen LogP contribution in [-0.4, -0.2) is 63.5 Å². The molecule has 41 heavy (non-hydrogen) atoms. The number of nitrogens with zero attached hydrogens (tertiary/aromatic N) is 8. The predicted molar refractivity (Wildman–Crippen MR) is 150 cm³/mol. The molecule has 0 spiro atoms. The molecule has 0 aliphatic carbocycles. The van der Waals surface area contributed by atoms with Gasteiger partial charge in [0.2, 0.25) is 0 Å². The van der Waals surface area contributed by atoms with Gasteiger partial charge in [-0.3, -0.25) is 18.8 Å². The Morgan fingerprint density at radius 2 is 1.73 bits per heavy atom. The van der Waals surface area contributed by atoms with Crippen molar-refractivity contribution in [2.24, 2.45) is 0 Å². The van der Waals surface area contributed by atoms with E-state index in [0.717, 1.165) is 16.8 Å². The molecule has 0 atom stereocenters. The number of carbonyl (C=O) groups is 1. The number of rotatable bonds is 8. The van der Waals surface area contributed by atoms with Gasteiger partial charge in [-0.1, -0.05) is 6.07 Å². The van der Waals surface area contributed by atoms with Crippen LogP contribution in [0.25, 0.3) is 10.9 Å². The molecule has 1 fully saturated rings. The Balaban J connectivity index is 1.41. The zero-order chi connectivity index (χ0) is 28.4. The number of aromatic nitrogens is 7. The van der Waals surface area contributed by atoms with E-state index in [1.165, 1.54) is 4.90 Å². The van der Waals surface area contributed by atoms with Gasteiger partial charge in [0.1, 0.15) is 5.39 Å². The van der Waals surface area contributed by atoms with Crippen molar-refractivity contribution >= 4 is 28.5 Å². The number of anilines is 2. The number of pyridine rings is 1. The van der Waals surface area contributed by atoms with Crippen LogP contribution in [0, 0.1) is 11.3 Å². The fourth-order valence-corrected chi connectivity index (χ4v) is 5.57. The molecule has 3 N–H and O–H groups in total. The van der Waals surface area contributed by atoms with Crippen LogP contribution in [0.5, 0.6) is 0 Å². The maximum atomic E-state index is 13.1.